The van der Waals surface area contributed by atoms with Crippen LogP contribution in [0.5, 0.6) is 5.75 Å². The lowest BCUT2D eigenvalue weighted by molar-refractivity contribution is 0.141. The Kier molecular flexibility index (Phi) is 5.74. The van der Waals surface area contributed by atoms with Gasteiger partial charge in [0.15, 0.2) is 0 Å². The minimum absolute atomic E-state index is 0.170. The van der Waals surface area contributed by atoms with Crippen molar-refractivity contribution in [2.75, 3.05) is 51.1 Å². The van der Waals surface area contributed by atoms with Crippen LogP contribution in [0, 0.1) is 0 Å². The van der Waals surface area contributed by atoms with Gasteiger partial charge in [0.25, 0.3) is 0 Å². The molecule has 0 radical (unpaired) electrons. The molecule has 0 bridgehead atoms. The summed E-state index contributed by atoms with van der Waals surface area (Å²) in [5, 5.41) is 7.26. The fourth-order valence-electron chi connectivity index (χ4n) is 4.42. The van der Waals surface area contributed by atoms with Gasteiger partial charge in [-0.1, -0.05) is 0 Å². The first-order chi connectivity index (χ1) is 16.0. The van der Waals surface area contributed by atoms with Crippen LogP contribution >= 0.6 is 0 Å². The zero-order valence-corrected chi connectivity index (χ0v) is 19.1. The van der Waals surface area contributed by atoms with E-state index in [0.717, 1.165) is 47.5 Å². The van der Waals surface area contributed by atoms with Crippen molar-refractivity contribution in [1.29, 1.82) is 0 Å². The number of rotatable bonds is 6. The summed E-state index contributed by atoms with van der Waals surface area (Å²) < 4.78 is 11.1. The third kappa shape index (κ3) is 4.29. The third-order valence-electron chi connectivity index (χ3n) is 6.16. The molecule has 1 fully saturated rings. The first kappa shape index (κ1) is 21.4. The molecule has 0 saturated carbocycles. The summed E-state index contributed by atoms with van der Waals surface area (Å²) in [6, 6.07) is 9.93. The van der Waals surface area contributed by atoms with E-state index in [1.807, 2.05) is 25.2 Å². The van der Waals surface area contributed by atoms with Gasteiger partial charge in [-0.25, -0.2) is 14.8 Å². The normalized spacial score (nSPS) is 18.3. The average Bonchev–Trinajstić information content (AvgIpc) is 3.18. The highest BCUT2D eigenvalue weighted by Crippen LogP contribution is 2.33. The number of cyclic esters (lactones) is 1. The molecule has 2 N–H and O–H groups in total. The number of amides is 1. The Morgan fingerprint density at radius 1 is 1.24 bits per heavy atom. The zero-order chi connectivity index (χ0) is 22.9. The van der Waals surface area contributed by atoms with Crippen LogP contribution in [-0.4, -0.2) is 67.9 Å². The Balaban J connectivity index is 1.43. The minimum atomic E-state index is -0.342. The molecule has 0 aliphatic carbocycles. The largest absolute Gasteiger partial charge is 0.495 e. The monoisotopic (exact) mass is 448 g/mol. The number of fused-ring (bicyclic) bond motifs is 2. The van der Waals surface area contributed by atoms with Crippen LogP contribution in [0.2, 0.25) is 0 Å². The Morgan fingerprint density at radius 3 is 2.94 bits per heavy atom. The number of hydrogen-bond donors (Lipinski definition) is 2. The average molecular weight is 449 g/mol. The molecule has 5 rings (SSSR count). The van der Waals surface area contributed by atoms with Crippen LogP contribution < -0.4 is 20.3 Å². The van der Waals surface area contributed by atoms with Gasteiger partial charge in [0.05, 0.1) is 24.9 Å². The number of methoxy groups -OCH3 is 1. The third-order valence-corrected chi connectivity index (χ3v) is 6.16. The van der Waals surface area contributed by atoms with E-state index in [-0.39, 0.29) is 12.2 Å². The summed E-state index contributed by atoms with van der Waals surface area (Å²) in [7, 11) is 5.64. The quantitative estimate of drug-likeness (QED) is 0.595. The lowest BCUT2D eigenvalue weighted by Crippen LogP contribution is -2.29. The summed E-state index contributed by atoms with van der Waals surface area (Å²) in [4.78, 5) is 25.5. The van der Waals surface area contributed by atoms with Gasteiger partial charge >= 0.3 is 6.09 Å². The maximum Gasteiger partial charge on any atom is 0.414 e. The highest BCUT2D eigenvalue weighted by molar-refractivity contribution is 5.93. The molecule has 1 atom stereocenters. The van der Waals surface area contributed by atoms with Crippen molar-refractivity contribution >= 4 is 34.3 Å². The lowest BCUT2D eigenvalue weighted by Gasteiger charge is -2.26. The minimum Gasteiger partial charge on any atom is -0.495 e. The number of nitrogens with one attached hydrogen (secondary N) is 2. The van der Waals surface area contributed by atoms with Crippen LogP contribution in [0.1, 0.15) is 11.1 Å². The van der Waals surface area contributed by atoms with Gasteiger partial charge in [0.2, 0.25) is 5.95 Å². The fourth-order valence-corrected chi connectivity index (χ4v) is 4.42. The Bertz CT molecular complexity index is 1200. The molecule has 172 valence electrons. The van der Waals surface area contributed by atoms with E-state index >= 15 is 0 Å². The van der Waals surface area contributed by atoms with Crippen LogP contribution in [0.15, 0.2) is 36.5 Å². The van der Waals surface area contributed by atoms with Gasteiger partial charge in [0.1, 0.15) is 11.9 Å². The van der Waals surface area contributed by atoms with Crippen molar-refractivity contribution in [3.8, 4) is 5.75 Å². The molecule has 3 heterocycles. The van der Waals surface area contributed by atoms with Crippen LogP contribution in [0.3, 0.4) is 0 Å². The van der Waals surface area contributed by atoms with Crippen molar-refractivity contribution in [2.24, 2.45) is 0 Å². The summed E-state index contributed by atoms with van der Waals surface area (Å²) in [5.74, 6) is 1.24. The Morgan fingerprint density at radius 2 is 2.12 bits per heavy atom. The summed E-state index contributed by atoms with van der Waals surface area (Å²) in [5.41, 5.74) is 4.92. The maximum absolute atomic E-state index is 12.3. The number of carbonyl (C=O) groups excluding carboxylic acids is 1. The van der Waals surface area contributed by atoms with Gasteiger partial charge in [-0.2, -0.15) is 0 Å². The van der Waals surface area contributed by atoms with Crippen molar-refractivity contribution in [3.63, 3.8) is 0 Å². The molecule has 3 aromatic rings. The van der Waals surface area contributed by atoms with Crippen LogP contribution in [-0.2, 0) is 17.7 Å². The van der Waals surface area contributed by atoms with E-state index in [1.54, 1.807) is 18.2 Å². The molecular formula is C24H28N6O3. The Labute approximate surface area is 192 Å². The van der Waals surface area contributed by atoms with Crippen LogP contribution in [0.4, 0.5) is 22.1 Å². The number of hydrogen-bond acceptors (Lipinski definition) is 8. The predicted molar refractivity (Wildman–Crippen MR) is 127 cm³/mol. The molecular weight excluding hydrogens is 420 g/mol. The van der Waals surface area contributed by atoms with E-state index in [2.05, 4.69) is 39.7 Å². The molecule has 0 unspecified atom stereocenters. The fraction of sp³-hybridized carbons (Fsp3) is 0.375. The van der Waals surface area contributed by atoms with Crippen molar-refractivity contribution in [3.05, 3.63) is 47.7 Å². The molecule has 1 amide bonds. The lowest BCUT2D eigenvalue weighted by atomic mass is 9.99. The maximum atomic E-state index is 12.3. The van der Waals surface area contributed by atoms with Gasteiger partial charge in [0, 0.05) is 36.9 Å². The first-order valence-electron chi connectivity index (χ1n) is 11.1. The number of likely N-dealkylation sites (N-methyl/N-ethyl adjacent to an activating group) is 2. The molecule has 2 aliphatic heterocycles. The van der Waals surface area contributed by atoms with Gasteiger partial charge in [-0.15, -0.1) is 0 Å². The first-order valence-corrected chi connectivity index (χ1v) is 11.1. The van der Waals surface area contributed by atoms with Crippen LogP contribution in [0.25, 0.3) is 10.9 Å². The second-order valence-corrected chi connectivity index (χ2v) is 8.54. The molecule has 1 aromatic heterocycles. The molecule has 9 heteroatoms. The summed E-state index contributed by atoms with van der Waals surface area (Å²) >= 11 is 0. The molecule has 0 spiro atoms. The van der Waals surface area contributed by atoms with E-state index in [1.165, 1.54) is 11.1 Å². The van der Waals surface area contributed by atoms with Gasteiger partial charge in [-0.05, 0) is 62.0 Å². The van der Waals surface area contributed by atoms with Crippen molar-refractivity contribution < 1.29 is 14.3 Å². The zero-order valence-electron chi connectivity index (χ0n) is 19.1. The number of carbonyl (C=O) groups is 1. The van der Waals surface area contributed by atoms with E-state index in [4.69, 9.17) is 14.5 Å². The number of ether oxygens (including phenoxy) is 2. The number of nitrogens with zero attached hydrogens (tertiary/aromatic N) is 4. The van der Waals surface area contributed by atoms with E-state index in [9.17, 15) is 4.79 Å². The smallest absolute Gasteiger partial charge is 0.414 e. The second kappa shape index (κ2) is 8.84. The number of aromatic nitrogens is 2. The molecule has 2 aliphatic rings. The van der Waals surface area contributed by atoms with Gasteiger partial charge in [-0.3, -0.25) is 4.90 Å². The second-order valence-electron chi connectivity index (χ2n) is 8.54. The highest BCUT2D eigenvalue weighted by Gasteiger charge is 2.32. The molecule has 33 heavy (non-hydrogen) atoms. The highest BCUT2D eigenvalue weighted by atomic mass is 16.6. The number of anilines is 3. The predicted octanol–water partition coefficient (Wildman–Crippen LogP) is 2.91. The molecule has 2 aromatic carbocycles. The SMILES string of the molecule is CNC[C@H]1CN(c2ccc3cnc(Nc4cc5c(cc4OC)CCN(C)C5)nc3c2)C(=O)O1. The molecule has 9 nitrogen and oxygen atoms in total. The van der Waals surface area contributed by atoms with E-state index < -0.39 is 0 Å². The number of benzene rings is 2. The summed E-state index contributed by atoms with van der Waals surface area (Å²) in [6.45, 7) is 3.06. The standard InChI is InChI=1S/C24H28N6O3/c1-25-12-19-14-30(24(31)33-19)18-5-4-16-11-26-23(27-20(16)10-18)28-21-8-17-13-29(2)7-6-15(17)9-22(21)32-3/h4-5,8-11,19,25H,6-7,12-14H2,1-3H3,(H,26,27,28)/t19-/m0/s1. The van der Waals surface area contributed by atoms with Crippen molar-refractivity contribution in [2.45, 2.75) is 19.1 Å². The van der Waals surface area contributed by atoms with Gasteiger partial charge < -0.3 is 25.0 Å². The van der Waals surface area contributed by atoms with E-state index in [0.29, 0.717) is 19.0 Å². The summed E-state index contributed by atoms with van der Waals surface area (Å²) in [6.07, 6.45) is 2.27. The topological polar surface area (TPSA) is 91.9 Å². The molecule has 1 saturated heterocycles. The van der Waals surface area contributed by atoms with Crippen molar-refractivity contribution in [1.82, 2.24) is 20.2 Å². The Hall–Kier alpha value is -3.43.